The molecule has 1 heterocycles. The third-order valence-corrected chi connectivity index (χ3v) is 4.22. The molecule has 0 aromatic heterocycles. The van der Waals surface area contributed by atoms with Crippen LogP contribution in [0.4, 0.5) is 0 Å². The molecule has 2 heteroatoms. The predicted octanol–water partition coefficient (Wildman–Crippen LogP) is 2.89. The summed E-state index contributed by atoms with van der Waals surface area (Å²) in [5.41, 5.74) is 0. The second-order valence-electron chi connectivity index (χ2n) is 4.61. The van der Waals surface area contributed by atoms with E-state index in [2.05, 4.69) is 20.8 Å². The Morgan fingerprint density at radius 2 is 1.69 bits per heavy atom. The molecule has 0 bridgehead atoms. The van der Waals surface area contributed by atoms with Gasteiger partial charge in [0.25, 0.3) is 0 Å². The van der Waals surface area contributed by atoms with E-state index in [1.165, 1.54) is 57.1 Å². The van der Waals surface area contributed by atoms with Gasteiger partial charge in [-0.3, -0.25) is 0 Å². The molecule has 2 fully saturated rings. The van der Waals surface area contributed by atoms with Crippen LogP contribution in [0.1, 0.15) is 32.1 Å². The van der Waals surface area contributed by atoms with Gasteiger partial charge in [-0.05, 0) is 37.6 Å². The number of alkyl halides is 1. The highest BCUT2D eigenvalue weighted by atomic mass is 79.9. The van der Waals surface area contributed by atoms with Crippen molar-refractivity contribution in [2.75, 3.05) is 25.0 Å². The molecule has 2 atom stereocenters. The van der Waals surface area contributed by atoms with Crippen molar-refractivity contribution in [2.45, 2.75) is 32.1 Å². The molecule has 1 saturated carbocycles. The maximum Gasteiger partial charge on any atom is 0.00434 e. The van der Waals surface area contributed by atoms with E-state index in [1.54, 1.807) is 0 Å². The first kappa shape index (κ1) is 9.97. The molecule has 0 radical (unpaired) electrons. The first-order valence-electron chi connectivity index (χ1n) is 5.68. The van der Waals surface area contributed by atoms with Gasteiger partial charge in [-0.15, -0.1) is 0 Å². The van der Waals surface area contributed by atoms with Crippen LogP contribution in [0.25, 0.3) is 0 Å². The van der Waals surface area contributed by atoms with Gasteiger partial charge in [0.15, 0.2) is 0 Å². The topological polar surface area (TPSA) is 3.24 Å². The summed E-state index contributed by atoms with van der Waals surface area (Å²) in [4.78, 5) is 2.68. The standard InChI is InChI=1S/C11H20BrN/c12-6-3-7-13-8-10-4-1-2-5-11(10)9-13/h10-11H,1-9H2. The summed E-state index contributed by atoms with van der Waals surface area (Å²) >= 11 is 3.51. The Morgan fingerprint density at radius 1 is 1.08 bits per heavy atom. The molecule has 1 aliphatic heterocycles. The summed E-state index contributed by atoms with van der Waals surface area (Å²) in [7, 11) is 0. The summed E-state index contributed by atoms with van der Waals surface area (Å²) in [6, 6.07) is 0. The van der Waals surface area contributed by atoms with Crippen LogP contribution in [0.5, 0.6) is 0 Å². The Morgan fingerprint density at radius 3 is 2.23 bits per heavy atom. The Bertz CT molecular complexity index is 146. The zero-order valence-electron chi connectivity index (χ0n) is 8.34. The lowest BCUT2D eigenvalue weighted by atomic mass is 9.82. The second kappa shape index (κ2) is 4.79. The number of rotatable bonds is 3. The lowest BCUT2D eigenvalue weighted by molar-refractivity contribution is 0.299. The first-order valence-corrected chi connectivity index (χ1v) is 6.80. The van der Waals surface area contributed by atoms with Gasteiger partial charge < -0.3 is 4.90 Å². The minimum Gasteiger partial charge on any atom is -0.303 e. The minimum absolute atomic E-state index is 1.06. The van der Waals surface area contributed by atoms with Gasteiger partial charge in [-0.25, -0.2) is 0 Å². The molecule has 1 aliphatic carbocycles. The molecule has 0 amide bonds. The molecule has 0 spiro atoms. The van der Waals surface area contributed by atoms with E-state index in [-0.39, 0.29) is 0 Å². The van der Waals surface area contributed by atoms with Crippen LogP contribution >= 0.6 is 15.9 Å². The highest BCUT2D eigenvalue weighted by Gasteiger charge is 2.33. The summed E-state index contributed by atoms with van der Waals surface area (Å²) in [6.07, 6.45) is 7.32. The van der Waals surface area contributed by atoms with E-state index >= 15 is 0 Å². The molecule has 13 heavy (non-hydrogen) atoms. The number of hydrogen-bond donors (Lipinski definition) is 0. The fourth-order valence-corrected chi connectivity index (χ4v) is 3.22. The SMILES string of the molecule is BrCCCN1CC2CCCCC2C1. The van der Waals surface area contributed by atoms with Crippen molar-refractivity contribution in [2.24, 2.45) is 11.8 Å². The fraction of sp³-hybridized carbons (Fsp3) is 1.00. The molecule has 0 N–H and O–H groups in total. The first-order chi connectivity index (χ1) is 6.40. The second-order valence-corrected chi connectivity index (χ2v) is 5.40. The Hall–Kier alpha value is 0.440. The van der Waals surface area contributed by atoms with Crippen LogP contribution in [-0.4, -0.2) is 29.9 Å². The van der Waals surface area contributed by atoms with Crippen LogP contribution in [0.2, 0.25) is 0 Å². The van der Waals surface area contributed by atoms with Gasteiger partial charge in [-0.2, -0.15) is 0 Å². The molecule has 2 unspecified atom stereocenters. The molecule has 1 saturated heterocycles. The molecule has 2 rings (SSSR count). The van der Waals surface area contributed by atoms with E-state index in [4.69, 9.17) is 0 Å². The van der Waals surface area contributed by atoms with Gasteiger partial charge in [0.05, 0.1) is 0 Å². The average molecular weight is 246 g/mol. The largest absolute Gasteiger partial charge is 0.303 e. The molecule has 0 aromatic rings. The molecular formula is C11H20BrN. The Balaban J connectivity index is 1.77. The number of hydrogen-bond acceptors (Lipinski definition) is 1. The third kappa shape index (κ3) is 2.47. The van der Waals surface area contributed by atoms with Crippen molar-refractivity contribution in [3.63, 3.8) is 0 Å². The van der Waals surface area contributed by atoms with Crippen molar-refractivity contribution in [3.8, 4) is 0 Å². The van der Waals surface area contributed by atoms with Crippen molar-refractivity contribution in [3.05, 3.63) is 0 Å². The van der Waals surface area contributed by atoms with E-state index in [0.29, 0.717) is 0 Å². The van der Waals surface area contributed by atoms with Crippen LogP contribution in [0, 0.1) is 11.8 Å². The number of likely N-dealkylation sites (tertiary alicyclic amines) is 1. The number of nitrogens with zero attached hydrogens (tertiary/aromatic N) is 1. The summed E-state index contributed by atoms with van der Waals surface area (Å²) in [6.45, 7) is 4.12. The van der Waals surface area contributed by atoms with Gasteiger partial charge in [-0.1, -0.05) is 28.8 Å². The highest BCUT2D eigenvalue weighted by Crippen LogP contribution is 2.35. The van der Waals surface area contributed by atoms with E-state index in [0.717, 1.165) is 11.8 Å². The lowest BCUT2D eigenvalue weighted by Crippen LogP contribution is -2.22. The summed E-state index contributed by atoms with van der Waals surface area (Å²) in [5.74, 6) is 2.12. The molecule has 2 aliphatic rings. The van der Waals surface area contributed by atoms with Crippen LogP contribution < -0.4 is 0 Å². The number of halogens is 1. The zero-order chi connectivity index (χ0) is 9.10. The van der Waals surface area contributed by atoms with Gasteiger partial charge >= 0.3 is 0 Å². The monoisotopic (exact) mass is 245 g/mol. The maximum atomic E-state index is 3.51. The van der Waals surface area contributed by atoms with Crippen molar-refractivity contribution in [1.29, 1.82) is 0 Å². The average Bonchev–Trinajstić information content (AvgIpc) is 2.57. The highest BCUT2D eigenvalue weighted by molar-refractivity contribution is 9.09. The normalized spacial score (nSPS) is 34.8. The minimum atomic E-state index is 1.06. The molecular weight excluding hydrogens is 226 g/mol. The smallest absolute Gasteiger partial charge is 0.00434 e. The van der Waals surface area contributed by atoms with Crippen LogP contribution in [0.15, 0.2) is 0 Å². The van der Waals surface area contributed by atoms with E-state index in [9.17, 15) is 0 Å². The van der Waals surface area contributed by atoms with Crippen LogP contribution in [-0.2, 0) is 0 Å². The van der Waals surface area contributed by atoms with Crippen LogP contribution in [0.3, 0.4) is 0 Å². The molecule has 76 valence electrons. The molecule has 0 aromatic carbocycles. The van der Waals surface area contributed by atoms with E-state index in [1.807, 2.05) is 0 Å². The van der Waals surface area contributed by atoms with Gasteiger partial charge in [0.1, 0.15) is 0 Å². The Kier molecular flexibility index (Phi) is 3.67. The maximum absolute atomic E-state index is 3.51. The van der Waals surface area contributed by atoms with Gasteiger partial charge in [0, 0.05) is 18.4 Å². The third-order valence-electron chi connectivity index (χ3n) is 3.66. The predicted molar refractivity (Wildman–Crippen MR) is 60.3 cm³/mol. The van der Waals surface area contributed by atoms with Crippen molar-refractivity contribution < 1.29 is 0 Å². The summed E-state index contributed by atoms with van der Waals surface area (Å²) in [5, 5.41) is 1.17. The fourth-order valence-electron chi connectivity index (χ4n) is 2.97. The zero-order valence-corrected chi connectivity index (χ0v) is 9.93. The molecule has 1 nitrogen and oxygen atoms in total. The van der Waals surface area contributed by atoms with E-state index < -0.39 is 0 Å². The summed E-state index contributed by atoms with van der Waals surface area (Å²) < 4.78 is 0. The Labute approximate surface area is 90.0 Å². The van der Waals surface area contributed by atoms with Gasteiger partial charge in [0.2, 0.25) is 0 Å². The van der Waals surface area contributed by atoms with Crippen molar-refractivity contribution >= 4 is 15.9 Å². The van der Waals surface area contributed by atoms with Crippen molar-refractivity contribution in [1.82, 2.24) is 4.90 Å². The number of fused-ring (bicyclic) bond motifs is 1. The quantitative estimate of drug-likeness (QED) is 0.692. The lowest BCUT2D eigenvalue weighted by Gasteiger charge is -2.23.